The van der Waals surface area contributed by atoms with Crippen LogP contribution in [0, 0.1) is 11.3 Å². The van der Waals surface area contributed by atoms with E-state index in [-0.39, 0.29) is 29.5 Å². The van der Waals surface area contributed by atoms with Gasteiger partial charge in [0.25, 0.3) is 5.91 Å². The number of piperazine rings is 1. The van der Waals surface area contributed by atoms with E-state index in [4.69, 9.17) is 23.2 Å². The Morgan fingerprint density at radius 3 is 2.53 bits per heavy atom. The van der Waals surface area contributed by atoms with Gasteiger partial charge in [0.1, 0.15) is 6.07 Å². The summed E-state index contributed by atoms with van der Waals surface area (Å²) >= 11 is 12.1. The summed E-state index contributed by atoms with van der Waals surface area (Å²) in [7, 11) is -3.77. The highest BCUT2D eigenvalue weighted by molar-refractivity contribution is 7.89. The number of nitrogens with zero attached hydrogens (tertiary/aromatic N) is 2. The van der Waals surface area contributed by atoms with E-state index in [9.17, 15) is 18.5 Å². The molecule has 7 nitrogen and oxygen atoms in total. The van der Waals surface area contributed by atoms with Crippen LogP contribution in [0.5, 0.6) is 0 Å². The summed E-state index contributed by atoms with van der Waals surface area (Å²) in [4.78, 5) is 13.6. The van der Waals surface area contributed by atoms with Gasteiger partial charge in [-0.3, -0.25) is 4.79 Å². The van der Waals surface area contributed by atoms with Crippen LogP contribution in [0.1, 0.15) is 12.5 Å². The van der Waals surface area contributed by atoms with Gasteiger partial charge in [-0.05, 0) is 37.3 Å². The van der Waals surface area contributed by atoms with Crippen molar-refractivity contribution in [2.24, 2.45) is 0 Å². The maximum atomic E-state index is 12.9. The Bertz CT molecular complexity index is 1090. The summed E-state index contributed by atoms with van der Waals surface area (Å²) < 4.78 is 27.3. The number of benzene rings is 2. The number of carbonyl (C=O) groups excluding carboxylic acids is 1. The van der Waals surface area contributed by atoms with Gasteiger partial charge >= 0.3 is 0 Å². The van der Waals surface area contributed by atoms with Crippen molar-refractivity contribution in [3.05, 3.63) is 58.1 Å². The number of nitriles is 1. The van der Waals surface area contributed by atoms with Gasteiger partial charge in [0.2, 0.25) is 10.0 Å². The second-order valence-electron chi connectivity index (χ2n) is 7.01. The number of amides is 1. The number of nitrogens with one attached hydrogen (secondary N) is 2. The third-order valence-corrected chi connectivity index (χ3v) is 7.70. The molecule has 1 fully saturated rings. The van der Waals surface area contributed by atoms with Crippen LogP contribution in [0.15, 0.2) is 47.4 Å². The molecule has 0 spiro atoms. The minimum absolute atomic E-state index is 0.0114. The van der Waals surface area contributed by atoms with Crippen LogP contribution in [0.25, 0.3) is 0 Å². The molecule has 1 atom stereocenters. The first-order valence-corrected chi connectivity index (χ1v) is 11.5. The predicted octanol–water partition coefficient (Wildman–Crippen LogP) is 1.78. The van der Waals surface area contributed by atoms with Crippen LogP contribution < -0.4 is 10.2 Å². The quantitative estimate of drug-likeness (QED) is 0.700. The van der Waals surface area contributed by atoms with Gasteiger partial charge in [0.15, 0.2) is 6.04 Å². The second-order valence-corrected chi connectivity index (χ2v) is 9.76. The molecule has 0 aromatic heterocycles. The summed E-state index contributed by atoms with van der Waals surface area (Å²) in [6, 6.07) is 12.5. The predicted molar refractivity (Wildman–Crippen MR) is 115 cm³/mol. The van der Waals surface area contributed by atoms with Gasteiger partial charge in [-0.15, -0.1) is 0 Å². The van der Waals surface area contributed by atoms with E-state index in [1.54, 1.807) is 37.3 Å². The molecule has 2 aromatic rings. The minimum Gasteiger partial charge on any atom is -0.323 e. The van der Waals surface area contributed by atoms with Crippen molar-refractivity contribution < 1.29 is 18.1 Å². The normalized spacial score (nSPS) is 16.6. The van der Waals surface area contributed by atoms with Crippen LogP contribution in [-0.2, 0) is 14.8 Å². The minimum atomic E-state index is -3.77. The highest BCUT2D eigenvalue weighted by Crippen LogP contribution is 2.25. The van der Waals surface area contributed by atoms with Gasteiger partial charge in [0, 0.05) is 5.02 Å². The van der Waals surface area contributed by atoms with Crippen molar-refractivity contribution in [2.75, 3.05) is 31.5 Å². The Kier molecular flexibility index (Phi) is 7.01. The van der Waals surface area contributed by atoms with E-state index in [2.05, 4.69) is 5.32 Å². The Balaban J connectivity index is 1.65. The first-order valence-electron chi connectivity index (χ1n) is 9.34. The number of hydrogen-bond acceptors (Lipinski definition) is 4. The van der Waals surface area contributed by atoms with Crippen molar-refractivity contribution in [1.82, 2.24) is 4.31 Å². The van der Waals surface area contributed by atoms with Crippen molar-refractivity contribution in [3.63, 3.8) is 0 Å². The van der Waals surface area contributed by atoms with Crippen molar-refractivity contribution in [2.45, 2.75) is 17.9 Å². The van der Waals surface area contributed by atoms with Gasteiger partial charge < -0.3 is 10.2 Å². The monoisotopic (exact) mass is 467 g/mol. The van der Waals surface area contributed by atoms with E-state index in [0.29, 0.717) is 28.8 Å². The molecule has 1 aliphatic rings. The third-order valence-electron chi connectivity index (χ3n) is 5.18. The molecule has 1 amide bonds. The average molecular weight is 468 g/mol. The lowest BCUT2D eigenvalue weighted by molar-refractivity contribution is -0.917. The molecule has 10 heteroatoms. The molecule has 1 saturated heterocycles. The number of carbonyl (C=O) groups is 1. The highest BCUT2D eigenvalue weighted by atomic mass is 35.5. The molecule has 0 saturated carbocycles. The Morgan fingerprint density at radius 2 is 1.87 bits per heavy atom. The van der Waals surface area contributed by atoms with Gasteiger partial charge in [-0.25, -0.2) is 8.42 Å². The standard InChI is InChI=1S/C20H20Cl2N4O3S/c1-14(20(27)24-18-12-16(21)6-7-17(18)22)25-8-10-26(11-9-25)30(28,29)19-5-3-2-4-15(19)13-23/h2-7,12,14H,8-11H2,1H3,(H,24,27)/p+1/t14-/m1/s1. The number of sulfonamides is 1. The smallest absolute Gasteiger partial charge is 0.282 e. The first kappa shape index (κ1) is 22.5. The molecule has 0 aliphatic carbocycles. The molecule has 30 heavy (non-hydrogen) atoms. The molecular formula is C20H21Cl2N4O3S+. The maximum absolute atomic E-state index is 12.9. The van der Waals surface area contributed by atoms with E-state index in [1.807, 2.05) is 6.07 Å². The summed E-state index contributed by atoms with van der Waals surface area (Å²) in [6.45, 7) is 3.23. The number of hydrogen-bond donors (Lipinski definition) is 2. The largest absolute Gasteiger partial charge is 0.323 e. The van der Waals surface area contributed by atoms with Crippen LogP contribution in [0.3, 0.4) is 0 Å². The van der Waals surface area contributed by atoms with Crippen LogP contribution in [0.4, 0.5) is 5.69 Å². The van der Waals surface area contributed by atoms with E-state index < -0.39 is 16.1 Å². The number of rotatable bonds is 5. The Morgan fingerprint density at radius 1 is 1.20 bits per heavy atom. The van der Waals surface area contributed by atoms with Crippen molar-refractivity contribution in [3.8, 4) is 6.07 Å². The average Bonchev–Trinajstić information content (AvgIpc) is 2.75. The fourth-order valence-electron chi connectivity index (χ4n) is 3.39. The highest BCUT2D eigenvalue weighted by Gasteiger charge is 2.35. The molecule has 1 aliphatic heterocycles. The number of quaternary nitrogens is 1. The zero-order valence-electron chi connectivity index (χ0n) is 16.2. The van der Waals surface area contributed by atoms with Crippen LogP contribution >= 0.6 is 23.2 Å². The lowest BCUT2D eigenvalue weighted by Gasteiger charge is -2.34. The topological polar surface area (TPSA) is 94.7 Å². The SMILES string of the molecule is C[C@H](C(=O)Nc1cc(Cl)ccc1Cl)[NH+]1CCN(S(=O)(=O)c2ccccc2C#N)CC1. The molecule has 1 heterocycles. The lowest BCUT2D eigenvalue weighted by Crippen LogP contribution is -3.19. The molecule has 2 N–H and O–H groups in total. The van der Waals surface area contributed by atoms with Crippen LogP contribution in [-0.4, -0.2) is 50.9 Å². The number of halogens is 2. The third kappa shape index (κ3) is 4.77. The Labute approximate surface area is 185 Å². The first-order chi connectivity index (χ1) is 14.2. The van der Waals surface area contributed by atoms with Crippen molar-refractivity contribution >= 4 is 44.8 Å². The summed E-state index contributed by atoms with van der Waals surface area (Å²) in [5, 5.41) is 12.9. The number of anilines is 1. The van der Waals surface area contributed by atoms with Gasteiger partial charge in [-0.1, -0.05) is 35.3 Å². The van der Waals surface area contributed by atoms with E-state index >= 15 is 0 Å². The summed E-state index contributed by atoms with van der Waals surface area (Å²) in [5.41, 5.74) is 0.563. The molecule has 3 rings (SSSR count). The summed E-state index contributed by atoms with van der Waals surface area (Å²) in [6.07, 6.45) is 0. The molecule has 0 bridgehead atoms. The molecule has 158 valence electrons. The van der Waals surface area contributed by atoms with E-state index in [1.165, 1.54) is 16.4 Å². The molecule has 2 aromatic carbocycles. The molecule has 0 radical (unpaired) electrons. The zero-order valence-corrected chi connectivity index (χ0v) is 18.6. The second kappa shape index (κ2) is 9.33. The van der Waals surface area contributed by atoms with Gasteiger partial charge in [-0.2, -0.15) is 9.57 Å². The zero-order chi connectivity index (χ0) is 21.9. The fourth-order valence-corrected chi connectivity index (χ4v) is 5.31. The maximum Gasteiger partial charge on any atom is 0.282 e. The van der Waals surface area contributed by atoms with Crippen molar-refractivity contribution in [1.29, 1.82) is 5.26 Å². The summed E-state index contributed by atoms with van der Waals surface area (Å²) in [5.74, 6) is -0.222. The molecular weight excluding hydrogens is 447 g/mol. The van der Waals surface area contributed by atoms with Gasteiger partial charge in [0.05, 0.1) is 47.3 Å². The Hall–Kier alpha value is -2.15. The lowest BCUT2D eigenvalue weighted by atomic mass is 10.2. The van der Waals surface area contributed by atoms with E-state index in [0.717, 1.165) is 4.90 Å². The van der Waals surface area contributed by atoms with Crippen LogP contribution in [0.2, 0.25) is 10.0 Å². The fraction of sp³-hybridized carbons (Fsp3) is 0.300. The molecule has 0 unspecified atom stereocenters.